The molecule has 1 aromatic heterocycles. The van der Waals surface area contributed by atoms with Crippen LogP contribution in [-0.2, 0) is 5.75 Å². The second-order valence-corrected chi connectivity index (χ2v) is 5.32. The molecule has 2 rings (SSSR count). The average Bonchev–Trinajstić information content (AvgIpc) is 2.83. The minimum absolute atomic E-state index is 0.223. The largest absolute Gasteiger partial charge is 0.449 e. The van der Waals surface area contributed by atoms with Crippen molar-refractivity contribution in [3.8, 4) is 6.07 Å². The van der Waals surface area contributed by atoms with Gasteiger partial charge < -0.3 is 4.42 Å². The summed E-state index contributed by atoms with van der Waals surface area (Å²) in [4.78, 5) is 0. The average molecular weight is 242 g/mol. The van der Waals surface area contributed by atoms with Crippen LogP contribution in [0.1, 0.15) is 25.0 Å². The summed E-state index contributed by atoms with van der Waals surface area (Å²) in [6.45, 7) is 0. The van der Waals surface area contributed by atoms with E-state index in [1.165, 1.54) is 6.42 Å². The summed E-state index contributed by atoms with van der Waals surface area (Å²) in [5.74, 6) is 1.93. The van der Waals surface area contributed by atoms with Crippen molar-refractivity contribution in [1.29, 1.82) is 5.26 Å². The van der Waals surface area contributed by atoms with E-state index in [1.807, 2.05) is 17.8 Å². The van der Waals surface area contributed by atoms with Gasteiger partial charge in [-0.15, -0.1) is 11.8 Å². The fraction of sp³-hybridized carbons (Fsp3) is 0.545. The van der Waals surface area contributed by atoms with Gasteiger partial charge in [0.15, 0.2) is 5.22 Å². The van der Waals surface area contributed by atoms with Gasteiger partial charge in [-0.2, -0.15) is 5.26 Å². The number of furan rings is 1. The van der Waals surface area contributed by atoms with E-state index < -0.39 is 0 Å². The lowest BCUT2D eigenvalue weighted by Crippen LogP contribution is -2.07. The van der Waals surface area contributed by atoms with Gasteiger partial charge in [-0.1, -0.05) is 6.42 Å². The fourth-order valence-corrected chi connectivity index (χ4v) is 3.35. The van der Waals surface area contributed by atoms with Crippen LogP contribution in [0, 0.1) is 17.2 Å². The molecule has 0 saturated heterocycles. The summed E-state index contributed by atoms with van der Waals surface area (Å²) in [5, 5.41) is 9.84. The van der Waals surface area contributed by atoms with Gasteiger partial charge in [0.25, 0.3) is 0 Å². The molecule has 1 saturated carbocycles. The van der Waals surface area contributed by atoms with Gasteiger partial charge in [-0.05, 0) is 36.6 Å². The van der Waals surface area contributed by atoms with Crippen LogP contribution in [0.15, 0.2) is 16.5 Å². The summed E-state index contributed by atoms with van der Waals surface area (Å²) in [6.07, 6.45) is 3.37. The highest BCUT2D eigenvalue weighted by Gasteiger charge is 2.27. The number of nitrogens with zero attached hydrogens (tertiary/aromatic N) is 1. The Bertz CT molecular complexity index is 371. The summed E-state index contributed by atoms with van der Waals surface area (Å²) in [7, 11) is 0. The molecule has 2 unspecified atom stereocenters. The molecule has 0 aliphatic heterocycles. The zero-order valence-corrected chi connectivity index (χ0v) is 9.85. The first-order valence-electron chi connectivity index (χ1n) is 5.05. The maximum Gasteiger partial charge on any atom is 0.193 e. The van der Waals surface area contributed by atoms with Crippen LogP contribution in [0.5, 0.6) is 0 Å². The molecular weight excluding hydrogens is 230 g/mol. The molecule has 1 aliphatic carbocycles. The van der Waals surface area contributed by atoms with Crippen LogP contribution < -0.4 is 0 Å². The molecule has 0 N–H and O–H groups in total. The molecule has 0 bridgehead atoms. The zero-order valence-electron chi connectivity index (χ0n) is 8.28. The molecule has 1 aromatic rings. The highest BCUT2D eigenvalue weighted by atomic mass is 35.5. The van der Waals surface area contributed by atoms with Crippen LogP contribution in [0.3, 0.4) is 0 Å². The van der Waals surface area contributed by atoms with E-state index in [9.17, 15) is 0 Å². The molecular formula is C11H12ClNOS. The van der Waals surface area contributed by atoms with E-state index in [2.05, 4.69) is 6.07 Å². The van der Waals surface area contributed by atoms with Crippen LogP contribution in [-0.4, -0.2) is 5.25 Å². The topological polar surface area (TPSA) is 36.9 Å². The normalized spacial score (nSPS) is 25.3. The molecule has 1 aliphatic rings. The molecule has 4 heteroatoms. The lowest BCUT2D eigenvalue weighted by atomic mass is 10.1. The number of hydrogen-bond acceptors (Lipinski definition) is 3. The van der Waals surface area contributed by atoms with E-state index in [1.54, 1.807) is 6.07 Å². The SMILES string of the molecule is N#CC1CCCC1SCc1ccc(Cl)o1. The summed E-state index contributed by atoms with van der Waals surface area (Å²) in [5.41, 5.74) is 0. The fourth-order valence-electron chi connectivity index (χ4n) is 1.89. The number of rotatable bonds is 3. The predicted molar refractivity (Wildman–Crippen MR) is 61.8 cm³/mol. The molecule has 1 fully saturated rings. The summed E-state index contributed by atoms with van der Waals surface area (Å²) < 4.78 is 5.27. The second kappa shape index (κ2) is 4.96. The van der Waals surface area contributed by atoms with Gasteiger partial charge in [0.05, 0.1) is 17.7 Å². The number of thioether (sulfide) groups is 1. The monoisotopic (exact) mass is 241 g/mol. The van der Waals surface area contributed by atoms with Crippen molar-refractivity contribution in [2.75, 3.05) is 0 Å². The smallest absolute Gasteiger partial charge is 0.193 e. The third-order valence-corrected chi connectivity index (χ3v) is 4.33. The standard InChI is InChI=1S/C11H12ClNOS/c12-11-5-4-9(14-11)7-15-10-3-1-2-8(10)6-13/h4-5,8,10H,1-3,7H2. The molecule has 0 radical (unpaired) electrons. The first-order valence-corrected chi connectivity index (χ1v) is 6.47. The Morgan fingerprint density at radius 3 is 3.07 bits per heavy atom. The van der Waals surface area contributed by atoms with Crippen molar-refractivity contribution in [1.82, 2.24) is 0 Å². The van der Waals surface area contributed by atoms with Crippen LogP contribution in [0.4, 0.5) is 0 Å². The number of nitriles is 1. The van der Waals surface area contributed by atoms with E-state index in [0.717, 1.165) is 24.4 Å². The quantitative estimate of drug-likeness (QED) is 0.806. The Morgan fingerprint density at radius 1 is 1.53 bits per heavy atom. The minimum atomic E-state index is 0.223. The van der Waals surface area contributed by atoms with E-state index in [-0.39, 0.29) is 5.92 Å². The Balaban J connectivity index is 1.85. The van der Waals surface area contributed by atoms with Crippen molar-refractivity contribution in [3.05, 3.63) is 23.1 Å². The van der Waals surface area contributed by atoms with Gasteiger partial charge in [0, 0.05) is 5.25 Å². The Kier molecular flexibility index (Phi) is 3.61. The number of halogens is 1. The molecule has 80 valence electrons. The lowest BCUT2D eigenvalue weighted by Gasteiger charge is -2.11. The van der Waals surface area contributed by atoms with Crippen LogP contribution in [0.25, 0.3) is 0 Å². The first-order chi connectivity index (χ1) is 7.29. The second-order valence-electron chi connectivity index (χ2n) is 3.72. The van der Waals surface area contributed by atoms with Crippen molar-refractivity contribution in [3.63, 3.8) is 0 Å². The van der Waals surface area contributed by atoms with Crippen LogP contribution >= 0.6 is 23.4 Å². The third kappa shape index (κ3) is 2.70. The molecule has 0 amide bonds. The van der Waals surface area contributed by atoms with Gasteiger partial charge in [0.2, 0.25) is 0 Å². The maximum absolute atomic E-state index is 8.93. The Hall–Kier alpha value is -0.590. The van der Waals surface area contributed by atoms with Gasteiger partial charge in [-0.3, -0.25) is 0 Å². The molecule has 0 spiro atoms. The molecule has 15 heavy (non-hydrogen) atoms. The van der Waals surface area contributed by atoms with Crippen molar-refractivity contribution in [2.45, 2.75) is 30.3 Å². The Labute approximate surface area is 98.6 Å². The van der Waals surface area contributed by atoms with Gasteiger partial charge >= 0.3 is 0 Å². The predicted octanol–water partition coefficient (Wildman–Crippen LogP) is 3.86. The van der Waals surface area contributed by atoms with Crippen LogP contribution in [0.2, 0.25) is 5.22 Å². The van der Waals surface area contributed by atoms with Gasteiger partial charge in [-0.25, -0.2) is 0 Å². The first kappa shape index (κ1) is 10.9. The maximum atomic E-state index is 8.93. The molecule has 2 nitrogen and oxygen atoms in total. The van der Waals surface area contributed by atoms with Crippen molar-refractivity contribution in [2.24, 2.45) is 5.92 Å². The van der Waals surface area contributed by atoms with Crippen molar-refractivity contribution < 1.29 is 4.42 Å². The van der Waals surface area contributed by atoms with E-state index in [0.29, 0.717) is 10.5 Å². The summed E-state index contributed by atoms with van der Waals surface area (Å²) in [6, 6.07) is 6.03. The highest BCUT2D eigenvalue weighted by molar-refractivity contribution is 7.99. The number of hydrogen-bond donors (Lipinski definition) is 0. The lowest BCUT2D eigenvalue weighted by molar-refractivity contribution is 0.532. The zero-order chi connectivity index (χ0) is 10.7. The Morgan fingerprint density at radius 2 is 2.40 bits per heavy atom. The van der Waals surface area contributed by atoms with E-state index >= 15 is 0 Å². The molecule has 1 heterocycles. The molecule has 0 aromatic carbocycles. The summed E-state index contributed by atoms with van der Waals surface area (Å²) >= 11 is 7.49. The molecule has 2 atom stereocenters. The van der Waals surface area contributed by atoms with Crippen molar-refractivity contribution >= 4 is 23.4 Å². The van der Waals surface area contributed by atoms with E-state index in [4.69, 9.17) is 21.3 Å². The highest BCUT2D eigenvalue weighted by Crippen LogP contribution is 2.36. The third-order valence-electron chi connectivity index (χ3n) is 2.69. The minimum Gasteiger partial charge on any atom is -0.449 e. The van der Waals surface area contributed by atoms with Gasteiger partial charge in [0.1, 0.15) is 5.76 Å².